The van der Waals surface area contributed by atoms with Gasteiger partial charge in [0, 0.05) is 23.9 Å². The van der Waals surface area contributed by atoms with Gasteiger partial charge in [-0.3, -0.25) is 4.79 Å². The summed E-state index contributed by atoms with van der Waals surface area (Å²) in [5, 5.41) is 24.8. The van der Waals surface area contributed by atoms with Crippen LogP contribution in [0.5, 0.6) is 11.5 Å². The summed E-state index contributed by atoms with van der Waals surface area (Å²) in [7, 11) is 2.69. The molecular weight excluding hydrogens is 493 g/mol. The van der Waals surface area contributed by atoms with Crippen LogP contribution >= 0.6 is 11.6 Å². The highest BCUT2D eigenvalue weighted by Crippen LogP contribution is 2.38. The number of benzene rings is 2. The van der Waals surface area contributed by atoms with Crippen LogP contribution in [0.25, 0.3) is 10.9 Å². The van der Waals surface area contributed by atoms with Crippen molar-refractivity contribution in [1.82, 2.24) is 9.97 Å². The molecular formula is C22H22ClF3N4O5. The number of hydrogen-bond acceptors (Lipinski definition) is 8. The van der Waals surface area contributed by atoms with Crippen LogP contribution in [0.3, 0.4) is 0 Å². The van der Waals surface area contributed by atoms with E-state index < -0.39 is 24.8 Å². The number of carbonyl (C=O) groups excluding carboxylic acids is 1. The Balaban J connectivity index is 2.09. The summed E-state index contributed by atoms with van der Waals surface area (Å²) in [6, 6.07) is 6.37. The predicted octanol–water partition coefficient (Wildman–Crippen LogP) is 3.31. The second-order valence-electron chi connectivity index (χ2n) is 7.37. The fourth-order valence-corrected chi connectivity index (χ4v) is 3.69. The van der Waals surface area contributed by atoms with Crippen molar-refractivity contribution in [3.05, 3.63) is 46.7 Å². The van der Waals surface area contributed by atoms with E-state index in [-0.39, 0.29) is 46.7 Å². The molecule has 1 amide bonds. The van der Waals surface area contributed by atoms with Crippen molar-refractivity contribution in [1.29, 1.82) is 0 Å². The van der Waals surface area contributed by atoms with Crippen LogP contribution in [0.2, 0.25) is 5.02 Å². The van der Waals surface area contributed by atoms with Crippen LogP contribution in [0.15, 0.2) is 30.6 Å². The van der Waals surface area contributed by atoms with E-state index in [1.54, 1.807) is 23.5 Å². The lowest BCUT2D eigenvalue weighted by molar-refractivity contribution is -0.167. The molecule has 0 aliphatic rings. The Kier molecular flexibility index (Phi) is 8.20. The van der Waals surface area contributed by atoms with Gasteiger partial charge in [0.05, 0.1) is 43.2 Å². The predicted molar refractivity (Wildman–Crippen MR) is 123 cm³/mol. The van der Waals surface area contributed by atoms with Crippen LogP contribution in [0.4, 0.5) is 24.7 Å². The molecule has 0 spiro atoms. The molecule has 13 heteroatoms. The molecule has 4 N–H and O–H groups in total. The number of amides is 1. The topological polar surface area (TPSA) is 126 Å². The molecule has 1 unspecified atom stereocenters. The Hall–Kier alpha value is -3.35. The van der Waals surface area contributed by atoms with Crippen LogP contribution in [0.1, 0.15) is 11.1 Å². The summed E-state index contributed by atoms with van der Waals surface area (Å²) in [5.41, 5.74) is 0.900. The molecule has 0 bridgehead atoms. The van der Waals surface area contributed by atoms with Crippen molar-refractivity contribution in [2.75, 3.05) is 31.5 Å². The number of aliphatic hydroxyl groups is 2. The van der Waals surface area contributed by atoms with E-state index in [1.807, 2.05) is 0 Å². The molecule has 1 aromatic heterocycles. The summed E-state index contributed by atoms with van der Waals surface area (Å²) in [6.45, 7) is -0.376. The molecule has 3 aromatic rings. The molecule has 0 saturated carbocycles. The van der Waals surface area contributed by atoms with Gasteiger partial charge >= 0.3 is 12.1 Å². The van der Waals surface area contributed by atoms with Gasteiger partial charge in [-0.25, -0.2) is 9.97 Å². The third-order valence-corrected chi connectivity index (χ3v) is 5.31. The number of hydrogen-bond donors (Lipinski definition) is 4. The van der Waals surface area contributed by atoms with Gasteiger partial charge in [0.25, 0.3) is 0 Å². The molecule has 9 nitrogen and oxygen atoms in total. The average Bonchev–Trinajstić information content (AvgIpc) is 2.82. The highest BCUT2D eigenvalue weighted by molar-refractivity contribution is 6.32. The number of alkyl halides is 3. The maximum Gasteiger partial charge on any atom is 0.471 e. The first-order valence-corrected chi connectivity index (χ1v) is 10.5. The van der Waals surface area contributed by atoms with Gasteiger partial charge < -0.3 is 30.3 Å². The number of fused-ring (bicyclic) bond motifs is 1. The number of nitrogens with one attached hydrogen (secondary N) is 2. The zero-order chi connectivity index (χ0) is 25.8. The summed E-state index contributed by atoms with van der Waals surface area (Å²) < 4.78 is 49.2. The average molecular weight is 515 g/mol. The van der Waals surface area contributed by atoms with E-state index >= 15 is 0 Å². The fraction of sp³-hybridized carbons (Fsp3) is 0.318. The Labute approximate surface area is 202 Å². The summed E-state index contributed by atoms with van der Waals surface area (Å²) >= 11 is 6.16. The molecule has 1 atom stereocenters. The Morgan fingerprint density at radius 1 is 1.20 bits per heavy atom. The monoisotopic (exact) mass is 514 g/mol. The van der Waals surface area contributed by atoms with E-state index in [0.717, 1.165) is 5.56 Å². The zero-order valence-corrected chi connectivity index (χ0v) is 19.4. The first kappa shape index (κ1) is 26.3. The van der Waals surface area contributed by atoms with Gasteiger partial charge in [0.2, 0.25) is 0 Å². The Morgan fingerprint density at radius 2 is 1.94 bits per heavy atom. The number of anilines is 2. The largest absolute Gasteiger partial charge is 0.495 e. The normalized spacial score (nSPS) is 12.3. The third-order valence-electron chi connectivity index (χ3n) is 5.01. The van der Waals surface area contributed by atoms with Gasteiger partial charge in [0.15, 0.2) is 0 Å². The molecule has 188 valence electrons. The minimum absolute atomic E-state index is 0.130. The Bertz CT molecular complexity index is 1230. The number of nitrogens with zero attached hydrogens (tertiary/aromatic N) is 2. The van der Waals surface area contributed by atoms with Gasteiger partial charge in [-0.15, -0.1) is 0 Å². The van der Waals surface area contributed by atoms with Crippen molar-refractivity contribution in [2.45, 2.75) is 25.2 Å². The number of ether oxygens (including phenoxy) is 2. The maximum absolute atomic E-state index is 12.9. The van der Waals surface area contributed by atoms with E-state index in [9.17, 15) is 28.2 Å². The fourth-order valence-electron chi connectivity index (χ4n) is 3.41. The van der Waals surface area contributed by atoms with Crippen molar-refractivity contribution >= 4 is 39.9 Å². The first-order valence-electron chi connectivity index (χ1n) is 10.2. The van der Waals surface area contributed by atoms with Gasteiger partial charge in [0.1, 0.15) is 23.6 Å². The van der Waals surface area contributed by atoms with Crippen LogP contribution in [0, 0.1) is 0 Å². The molecule has 0 saturated heterocycles. The molecule has 0 fully saturated rings. The molecule has 2 aromatic carbocycles. The van der Waals surface area contributed by atoms with Crippen molar-refractivity contribution in [3.8, 4) is 11.5 Å². The number of halogens is 4. The van der Waals surface area contributed by atoms with Gasteiger partial charge in [-0.1, -0.05) is 17.7 Å². The standard InChI is InChI=1S/C22H22ClF3N4O5/c1-34-17-4-3-11(5-15(17)23)8-27-20-14-7-16(30-21(33)22(24,25)26)19(35-2)13(6-12(32)9-31)18(14)28-10-29-20/h3-5,7,10,12,31-32H,6,8-9H2,1-2H3,(H,30,33)(H,27,28,29). The molecule has 35 heavy (non-hydrogen) atoms. The second-order valence-corrected chi connectivity index (χ2v) is 7.78. The lowest BCUT2D eigenvalue weighted by Gasteiger charge is -2.20. The summed E-state index contributed by atoms with van der Waals surface area (Å²) in [4.78, 5) is 20.0. The number of rotatable bonds is 9. The molecule has 0 radical (unpaired) electrons. The molecule has 0 aliphatic heterocycles. The zero-order valence-electron chi connectivity index (χ0n) is 18.6. The van der Waals surface area contributed by atoms with Crippen molar-refractivity contribution in [2.24, 2.45) is 0 Å². The van der Waals surface area contributed by atoms with E-state index in [0.29, 0.717) is 10.8 Å². The quantitative estimate of drug-likeness (QED) is 0.343. The molecule has 3 rings (SSSR count). The van der Waals surface area contributed by atoms with Gasteiger partial charge in [-0.05, 0) is 23.8 Å². The first-order chi connectivity index (χ1) is 16.6. The molecule has 0 aliphatic carbocycles. The Morgan fingerprint density at radius 3 is 2.54 bits per heavy atom. The second kappa shape index (κ2) is 10.9. The van der Waals surface area contributed by atoms with Crippen LogP contribution < -0.4 is 20.1 Å². The van der Waals surface area contributed by atoms with Crippen molar-refractivity contribution < 1.29 is 37.7 Å². The number of methoxy groups -OCH3 is 2. The van der Waals surface area contributed by atoms with Crippen LogP contribution in [-0.2, 0) is 17.8 Å². The summed E-state index contributed by atoms with van der Waals surface area (Å²) in [6.07, 6.45) is -5.38. The third kappa shape index (κ3) is 6.02. The smallest absolute Gasteiger partial charge is 0.471 e. The van der Waals surface area contributed by atoms with E-state index in [2.05, 4.69) is 15.3 Å². The summed E-state index contributed by atoms with van der Waals surface area (Å²) in [5.74, 6) is -1.60. The highest BCUT2D eigenvalue weighted by Gasteiger charge is 2.39. The SMILES string of the molecule is COc1ccc(CNc2ncnc3c(CC(O)CO)c(OC)c(NC(=O)C(F)(F)F)cc23)cc1Cl. The lowest BCUT2D eigenvalue weighted by atomic mass is 10.0. The molecule has 1 heterocycles. The van der Waals surface area contributed by atoms with E-state index in [1.165, 1.54) is 26.6 Å². The number of aliphatic hydroxyl groups excluding tert-OH is 2. The lowest BCUT2D eigenvalue weighted by Crippen LogP contribution is -2.30. The van der Waals surface area contributed by atoms with E-state index in [4.69, 9.17) is 21.1 Å². The minimum atomic E-state index is -5.15. The van der Waals surface area contributed by atoms with Crippen molar-refractivity contribution in [3.63, 3.8) is 0 Å². The highest BCUT2D eigenvalue weighted by atomic mass is 35.5. The number of aromatic nitrogens is 2. The van der Waals surface area contributed by atoms with Gasteiger partial charge in [-0.2, -0.15) is 13.2 Å². The minimum Gasteiger partial charge on any atom is -0.495 e. The number of carbonyl (C=O) groups is 1. The maximum atomic E-state index is 12.9. The van der Waals surface area contributed by atoms with Crippen LogP contribution in [-0.4, -0.2) is 59.2 Å².